The molecule has 1 aliphatic rings. The van der Waals surface area contributed by atoms with Crippen molar-refractivity contribution in [3.8, 4) is 0 Å². The van der Waals surface area contributed by atoms with E-state index in [4.69, 9.17) is 10.5 Å². The number of benzene rings is 1. The standard InChI is InChI=1S/C27H35F3N6O3Si/c1-17-8-9-22(18-6-5-7-19(12-18)27(28,29)30)35(15-17)26(38)25(37)34-21-14-32-24(31)20-13-33-36(23(20)21)16-39-10-11-40(2,3)4/h5-7,12-14,17,22H,8-11,15-16H2,1-4H3,(H2,31,32)(H,34,37)/t17-,22+/m0/s1. The molecule has 2 aromatic heterocycles. The van der Waals surface area contributed by atoms with Crippen LogP contribution in [0.2, 0.25) is 25.7 Å². The van der Waals surface area contributed by atoms with Crippen LogP contribution in [0.1, 0.15) is 36.9 Å². The number of nitrogens with one attached hydrogen (secondary N) is 1. The maximum atomic E-state index is 13.4. The number of piperidine rings is 1. The Morgan fingerprint density at radius 1 is 1.20 bits per heavy atom. The fourth-order valence-electron chi connectivity index (χ4n) is 4.79. The monoisotopic (exact) mass is 576 g/mol. The van der Waals surface area contributed by atoms with E-state index in [0.29, 0.717) is 35.9 Å². The molecule has 0 radical (unpaired) electrons. The van der Waals surface area contributed by atoms with Gasteiger partial charge in [-0.25, -0.2) is 9.67 Å². The van der Waals surface area contributed by atoms with Crippen molar-refractivity contribution in [1.82, 2.24) is 19.7 Å². The normalized spacial score (nSPS) is 18.2. The molecule has 13 heteroatoms. The number of fused-ring (bicyclic) bond motifs is 1. The Hall–Kier alpha value is -3.45. The molecule has 3 N–H and O–H groups in total. The number of halogens is 3. The zero-order valence-electron chi connectivity index (χ0n) is 23.1. The lowest BCUT2D eigenvalue weighted by Crippen LogP contribution is -2.46. The number of pyridine rings is 1. The Balaban J connectivity index is 1.56. The van der Waals surface area contributed by atoms with Crippen LogP contribution in [-0.2, 0) is 27.2 Å². The fourth-order valence-corrected chi connectivity index (χ4v) is 5.55. The summed E-state index contributed by atoms with van der Waals surface area (Å²) in [4.78, 5) is 32.2. The molecule has 1 fully saturated rings. The van der Waals surface area contributed by atoms with E-state index in [1.807, 2.05) is 6.92 Å². The van der Waals surface area contributed by atoms with Gasteiger partial charge in [0.05, 0.1) is 40.6 Å². The first-order valence-corrected chi connectivity index (χ1v) is 16.9. The molecule has 2 amide bonds. The van der Waals surface area contributed by atoms with Gasteiger partial charge in [-0.2, -0.15) is 18.3 Å². The summed E-state index contributed by atoms with van der Waals surface area (Å²) < 4.78 is 47.5. The smallest absolute Gasteiger partial charge is 0.383 e. The van der Waals surface area contributed by atoms with Crippen molar-refractivity contribution in [2.75, 3.05) is 24.2 Å². The number of nitrogens with zero attached hydrogens (tertiary/aromatic N) is 4. The Morgan fingerprint density at radius 3 is 2.65 bits per heavy atom. The molecule has 0 bridgehead atoms. The molecule has 0 aliphatic carbocycles. The van der Waals surface area contributed by atoms with Crippen LogP contribution in [0.5, 0.6) is 0 Å². The number of rotatable bonds is 7. The second-order valence-corrected chi connectivity index (χ2v) is 17.2. The van der Waals surface area contributed by atoms with Crippen molar-refractivity contribution in [1.29, 1.82) is 0 Å². The minimum atomic E-state index is -4.51. The van der Waals surface area contributed by atoms with Gasteiger partial charge < -0.3 is 20.7 Å². The lowest BCUT2D eigenvalue weighted by atomic mass is 9.89. The number of carbonyl (C=O) groups is 2. The number of ether oxygens (including phenoxy) is 1. The van der Waals surface area contributed by atoms with Crippen LogP contribution in [0.4, 0.5) is 24.7 Å². The van der Waals surface area contributed by atoms with Gasteiger partial charge in [0.15, 0.2) is 0 Å². The highest BCUT2D eigenvalue weighted by atomic mass is 28.3. The van der Waals surface area contributed by atoms with E-state index < -0.39 is 37.7 Å². The highest BCUT2D eigenvalue weighted by Gasteiger charge is 2.36. The maximum absolute atomic E-state index is 13.4. The summed E-state index contributed by atoms with van der Waals surface area (Å²) in [7, 11) is -1.29. The molecule has 40 heavy (non-hydrogen) atoms. The minimum Gasteiger partial charge on any atom is -0.383 e. The number of aromatic nitrogens is 3. The second kappa shape index (κ2) is 11.6. The van der Waals surface area contributed by atoms with Crippen molar-refractivity contribution < 1.29 is 27.5 Å². The summed E-state index contributed by atoms with van der Waals surface area (Å²) in [6, 6.07) is 5.23. The molecule has 216 valence electrons. The van der Waals surface area contributed by atoms with Crippen molar-refractivity contribution >= 4 is 42.3 Å². The number of carbonyl (C=O) groups excluding carboxylic acids is 2. The predicted molar refractivity (Wildman–Crippen MR) is 149 cm³/mol. The third-order valence-electron chi connectivity index (χ3n) is 7.03. The summed E-state index contributed by atoms with van der Waals surface area (Å²) in [5, 5.41) is 7.46. The molecule has 0 unspecified atom stereocenters. The first-order chi connectivity index (χ1) is 18.7. The highest BCUT2D eigenvalue weighted by Crippen LogP contribution is 2.37. The number of nitrogen functional groups attached to an aromatic ring is 1. The molecular formula is C27H35F3N6O3Si. The van der Waals surface area contributed by atoms with E-state index in [9.17, 15) is 22.8 Å². The van der Waals surface area contributed by atoms with Crippen molar-refractivity contribution in [2.45, 2.75) is 64.4 Å². The average Bonchev–Trinajstić information content (AvgIpc) is 3.32. The Bertz CT molecular complexity index is 1390. The maximum Gasteiger partial charge on any atom is 0.416 e. The molecule has 0 saturated carbocycles. The number of hydrogen-bond donors (Lipinski definition) is 2. The summed E-state index contributed by atoms with van der Waals surface area (Å²) in [5.41, 5.74) is 6.27. The molecule has 1 saturated heterocycles. The van der Waals surface area contributed by atoms with Crippen LogP contribution in [0, 0.1) is 5.92 Å². The number of amides is 2. The molecular weight excluding hydrogens is 541 g/mol. The van der Waals surface area contributed by atoms with Crippen LogP contribution in [-0.4, -0.2) is 52.7 Å². The van der Waals surface area contributed by atoms with Gasteiger partial charge >= 0.3 is 18.0 Å². The predicted octanol–water partition coefficient (Wildman–Crippen LogP) is 5.28. The van der Waals surface area contributed by atoms with Gasteiger partial charge in [0.1, 0.15) is 12.5 Å². The number of alkyl halides is 3. The van der Waals surface area contributed by atoms with E-state index in [0.717, 1.165) is 18.2 Å². The number of nitrogens with two attached hydrogens (primary N) is 1. The lowest BCUT2D eigenvalue weighted by Gasteiger charge is -2.38. The quantitative estimate of drug-likeness (QED) is 0.225. The third-order valence-corrected chi connectivity index (χ3v) is 8.74. The summed E-state index contributed by atoms with van der Waals surface area (Å²) >= 11 is 0. The van der Waals surface area contributed by atoms with Crippen LogP contribution in [0.15, 0.2) is 36.7 Å². The Kier molecular flexibility index (Phi) is 8.54. The van der Waals surface area contributed by atoms with Gasteiger partial charge in [-0.1, -0.05) is 38.7 Å². The summed E-state index contributed by atoms with van der Waals surface area (Å²) in [6.07, 6.45) is -0.485. The van der Waals surface area contributed by atoms with E-state index in [1.54, 1.807) is 10.7 Å². The third kappa shape index (κ3) is 6.81. The highest BCUT2D eigenvalue weighted by molar-refractivity contribution is 6.76. The first kappa shape index (κ1) is 29.5. The van der Waals surface area contributed by atoms with Gasteiger partial charge in [-0.3, -0.25) is 9.59 Å². The molecule has 1 aromatic carbocycles. The number of anilines is 2. The fraction of sp³-hybridized carbons (Fsp3) is 0.481. The van der Waals surface area contributed by atoms with Gasteiger partial charge in [0.25, 0.3) is 0 Å². The van der Waals surface area contributed by atoms with Crippen molar-refractivity contribution in [2.24, 2.45) is 5.92 Å². The zero-order valence-corrected chi connectivity index (χ0v) is 24.1. The SMILES string of the molecule is C[C@H]1CC[C@H](c2cccc(C(F)(F)F)c2)N(C(=O)C(=O)Nc2cnc(N)c3cnn(COCC[Si](C)(C)C)c23)C1. The zero-order chi connectivity index (χ0) is 29.2. The van der Waals surface area contributed by atoms with E-state index >= 15 is 0 Å². The number of hydrogen-bond acceptors (Lipinski definition) is 6. The molecule has 4 rings (SSSR count). The van der Waals surface area contributed by atoms with Crippen molar-refractivity contribution in [3.05, 3.63) is 47.8 Å². The lowest BCUT2D eigenvalue weighted by molar-refractivity contribution is -0.146. The minimum absolute atomic E-state index is 0.0819. The molecule has 3 heterocycles. The Morgan fingerprint density at radius 2 is 1.95 bits per heavy atom. The largest absolute Gasteiger partial charge is 0.416 e. The van der Waals surface area contributed by atoms with Gasteiger partial charge in [-0.15, -0.1) is 0 Å². The molecule has 1 aliphatic heterocycles. The topological polar surface area (TPSA) is 115 Å². The Labute approximate surface area is 231 Å². The van der Waals surface area contributed by atoms with Gasteiger partial charge in [-0.05, 0) is 42.5 Å². The first-order valence-electron chi connectivity index (χ1n) is 13.2. The van der Waals surface area contributed by atoms with Gasteiger partial charge in [0.2, 0.25) is 0 Å². The summed E-state index contributed by atoms with van der Waals surface area (Å²) in [6.45, 7) is 9.60. The van der Waals surface area contributed by atoms with Crippen LogP contribution in [0.25, 0.3) is 10.9 Å². The second-order valence-electron chi connectivity index (χ2n) is 11.5. The van der Waals surface area contributed by atoms with Gasteiger partial charge in [0, 0.05) is 21.2 Å². The molecule has 2 atom stereocenters. The van der Waals surface area contributed by atoms with Crippen LogP contribution < -0.4 is 11.1 Å². The van der Waals surface area contributed by atoms with Crippen LogP contribution >= 0.6 is 0 Å². The van der Waals surface area contributed by atoms with E-state index in [2.05, 4.69) is 35.0 Å². The molecule has 9 nitrogen and oxygen atoms in total. The molecule has 3 aromatic rings. The number of likely N-dealkylation sites (tertiary alicyclic amines) is 1. The molecule has 0 spiro atoms. The van der Waals surface area contributed by atoms with Crippen molar-refractivity contribution in [3.63, 3.8) is 0 Å². The van der Waals surface area contributed by atoms with E-state index in [1.165, 1.54) is 23.4 Å². The van der Waals surface area contributed by atoms with E-state index in [-0.39, 0.29) is 30.7 Å². The summed E-state index contributed by atoms with van der Waals surface area (Å²) in [5.74, 6) is -1.47. The average molecular weight is 577 g/mol. The van der Waals surface area contributed by atoms with Crippen LogP contribution in [0.3, 0.4) is 0 Å².